The number of aromatic amines is 1. The van der Waals surface area contributed by atoms with Crippen molar-refractivity contribution in [3.05, 3.63) is 49.9 Å². The maximum atomic E-state index is 12.5. The Kier molecular flexibility index (Phi) is 5.28. The fourth-order valence-electron chi connectivity index (χ4n) is 1.93. The first-order valence-corrected chi connectivity index (χ1v) is 7.40. The number of hydrogen-bond acceptors (Lipinski definition) is 4. The van der Waals surface area contributed by atoms with Gasteiger partial charge in [0.2, 0.25) is 5.78 Å². The van der Waals surface area contributed by atoms with Gasteiger partial charge in [-0.05, 0) is 19.1 Å². The average molecular weight is 344 g/mol. The summed E-state index contributed by atoms with van der Waals surface area (Å²) in [5.74, 6) is -0.208. The molecule has 0 aliphatic rings. The summed E-state index contributed by atoms with van der Waals surface area (Å²) in [7, 11) is 0. The molecule has 0 atom stereocenters. The Morgan fingerprint density at radius 2 is 2.14 bits per heavy atom. The minimum Gasteiger partial charge on any atom is -0.489 e. The van der Waals surface area contributed by atoms with Gasteiger partial charge in [-0.25, -0.2) is 0 Å². The van der Waals surface area contributed by atoms with Crippen LogP contribution in [0.25, 0.3) is 0 Å². The van der Waals surface area contributed by atoms with Gasteiger partial charge in [-0.3, -0.25) is 19.4 Å². The molecule has 0 aliphatic carbocycles. The van der Waals surface area contributed by atoms with E-state index in [0.29, 0.717) is 6.54 Å². The lowest BCUT2D eigenvalue weighted by Crippen LogP contribution is -2.14. The zero-order chi connectivity index (χ0) is 16.3. The van der Waals surface area contributed by atoms with Crippen LogP contribution in [0.1, 0.15) is 23.0 Å². The monoisotopic (exact) mass is 343 g/mol. The van der Waals surface area contributed by atoms with Gasteiger partial charge in [-0.2, -0.15) is 0 Å². The van der Waals surface area contributed by atoms with Crippen LogP contribution in [-0.2, 0) is 6.54 Å². The van der Waals surface area contributed by atoms with Gasteiger partial charge in [0.05, 0.1) is 10.0 Å². The average Bonchev–Trinajstić information content (AvgIpc) is 2.88. The van der Waals surface area contributed by atoms with Crippen molar-refractivity contribution in [2.75, 3.05) is 13.2 Å². The van der Waals surface area contributed by atoms with Crippen molar-refractivity contribution in [3.8, 4) is 5.75 Å². The highest BCUT2D eigenvalue weighted by Crippen LogP contribution is 2.36. The van der Waals surface area contributed by atoms with Crippen LogP contribution in [0.4, 0.5) is 0 Å². The number of nitrogens with two attached hydrogens (primary N) is 1. The number of H-pyrrole nitrogens is 1. The first-order valence-electron chi connectivity index (χ1n) is 6.65. The third-order valence-electron chi connectivity index (χ3n) is 3.01. The van der Waals surface area contributed by atoms with E-state index >= 15 is 0 Å². The Balaban J connectivity index is 2.43. The van der Waals surface area contributed by atoms with Gasteiger partial charge in [-0.1, -0.05) is 23.2 Å². The molecule has 2 aromatic rings. The highest BCUT2D eigenvalue weighted by Gasteiger charge is 2.20. The molecule has 0 saturated carbocycles. The van der Waals surface area contributed by atoms with Crippen molar-refractivity contribution < 1.29 is 9.53 Å². The number of benzene rings is 1. The van der Waals surface area contributed by atoms with E-state index in [-0.39, 0.29) is 45.8 Å². The van der Waals surface area contributed by atoms with Crippen LogP contribution in [0.3, 0.4) is 0 Å². The third-order valence-corrected chi connectivity index (χ3v) is 3.68. The predicted molar refractivity (Wildman–Crippen MR) is 85.2 cm³/mol. The Labute approximate surface area is 136 Å². The van der Waals surface area contributed by atoms with Crippen LogP contribution in [-0.4, -0.2) is 28.7 Å². The molecule has 2 rings (SSSR count). The topological polar surface area (TPSA) is 90.1 Å². The number of aromatic nitrogens is 2. The molecule has 0 bridgehead atoms. The lowest BCUT2D eigenvalue weighted by atomic mass is 10.1. The smallest absolute Gasteiger partial charge is 0.267 e. The van der Waals surface area contributed by atoms with Crippen molar-refractivity contribution in [1.82, 2.24) is 9.78 Å². The van der Waals surface area contributed by atoms with E-state index in [4.69, 9.17) is 33.7 Å². The number of rotatable bonds is 6. The molecule has 0 unspecified atom stereocenters. The predicted octanol–water partition coefficient (Wildman–Crippen LogP) is 2.07. The molecule has 6 nitrogen and oxygen atoms in total. The van der Waals surface area contributed by atoms with Crippen LogP contribution in [0.5, 0.6) is 5.75 Å². The summed E-state index contributed by atoms with van der Waals surface area (Å²) in [6.45, 7) is 2.74. The number of ether oxygens (including phenoxy) is 1. The molecule has 0 radical (unpaired) electrons. The Morgan fingerprint density at radius 3 is 2.73 bits per heavy atom. The fraction of sp³-hybridized carbons (Fsp3) is 0.286. The van der Waals surface area contributed by atoms with Gasteiger partial charge in [0.25, 0.3) is 5.56 Å². The van der Waals surface area contributed by atoms with Crippen molar-refractivity contribution >= 4 is 29.0 Å². The minimum absolute atomic E-state index is 0.0936. The molecule has 1 heterocycles. The molecule has 0 aliphatic heterocycles. The zero-order valence-corrected chi connectivity index (χ0v) is 13.4. The molecule has 1 aromatic carbocycles. The van der Waals surface area contributed by atoms with Crippen LogP contribution in [0, 0.1) is 0 Å². The Morgan fingerprint density at radius 1 is 1.41 bits per heavy atom. The summed E-state index contributed by atoms with van der Waals surface area (Å²) >= 11 is 12.2. The summed E-state index contributed by atoms with van der Waals surface area (Å²) < 4.78 is 6.70. The molecule has 3 N–H and O–H groups in total. The van der Waals surface area contributed by atoms with Gasteiger partial charge < -0.3 is 10.5 Å². The maximum absolute atomic E-state index is 12.5. The summed E-state index contributed by atoms with van der Waals surface area (Å²) in [6, 6.07) is 4.24. The van der Waals surface area contributed by atoms with Gasteiger partial charge >= 0.3 is 0 Å². The van der Waals surface area contributed by atoms with E-state index in [2.05, 4.69) is 5.10 Å². The summed E-state index contributed by atoms with van der Waals surface area (Å²) in [5.41, 5.74) is 5.45. The summed E-state index contributed by atoms with van der Waals surface area (Å²) in [6.07, 6.45) is 0. The molecule has 8 heteroatoms. The number of nitrogens with one attached hydrogen (secondary N) is 1. The number of carbonyl (C=O) groups is 1. The second-order valence-corrected chi connectivity index (χ2v) is 5.24. The van der Waals surface area contributed by atoms with E-state index in [1.807, 2.05) is 0 Å². The van der Waals surface area contributed by atoms with Crippen LogP contribution in [0.15, 0.2) is 23.0 Å². The van der Waals surface area contributed by atoms with E-state index in [9.17, 15) is 9.59 Å². The number of aryl methyl sites for hydroxylation is 1. The van der Waals surface area contributed by atoms with Crippen molar-refractivity contribution in [2.45, 2.75) is 13.5 Å². The lowest BCUT2D eigenvalue weighted by Gasteiger charge is -2.11. The standard InChI is InChI=1S/C14H15Cl2N3O3/c1-2-19-11(20)7-10(18-19)13(21)8-3-4-9(15)14(12(8)16)22-6-5-17/h3-4,7,18H,2,5-6,17H2,1H3. The highest BCUT2D eigenvalue weighted by molar-refractivity contribution is 6.39. The number of halogens is 2. The molecule has 118 valence electrons. The maximum Gasteiger partial charge on any atom is 0.267 e. The van der Waals surface area contributed by atoms with Gasteiger partial charge in [0.1, 0.15) is 12.3 Å². The van der Waals surface area contributed by atoms with Crippen molar-refractivity contribution in [3.63, 3.8) is 0 Å². The second-order valence-electron chi connectivity index (χ2n) is 4.46. The molecular formula is C14H15Cl2N3O3. The molecule has 22 heavy (non-hydrogen) atoms. The van der Waals surface area contributed by atoms with Gasteiger partial charge in [0, 0.05) is 24.7 Å². The minimum atomic E-state index is -0.413. The quantitative estimate of drug-likeness (QED) is 0.785. The Bertz CT molecular complexity index is 752. The van der Waals surface area contributed by atoms with E-state index in [0.717, 1.165) is 0 Å². The molecule has 1 aromatic heterocycles. The molecule has 0 fully saturated rings. The first-order chi connectivity index (χ1) is 10.5. The third kappa shape index (κ3) is 3.19. The highest BCUT2D eigenvalue weighted by atomic mass is 35.5. The molecular weight excluding hydrogens is 329 g/mol. The van der Waals surface area contributed by atoms with Crippen molar-refractivity contribution in [1.29, 1.82) is 0 Å². The largest absolute Gasteiger partial charge is 0.489 e. The number of hydrogen-bond donors (Lipinski definition) is 2. The molecule has 0 spiro atoms. The first kappa shape index (κ1) is 16.6. The number of ketones is 1. The second kappa shape index (κ2) is 7.00. The zero-order valence-electron chi connectivity index (χ0n) is 11.9. The normalized spacial score (nSPS) is 10.7. The summed E-state index contributed by atoms with van der Waals surface area (Å²) in [4.78, 5) is 24.1. The fourth-order valence-corrected chi connectivity index (χ4v) is 2.50. The van der Waals surface area contributed by atoms with Gasteiger partial charge in [0.15, 0.2) is 5.75 Å². The van der Waals surface area contributed by atoms with Crippen LogP contribution >= 0.6 is 23.2 Å². The lowest BCUT2D eigenvalue weighted by molar-refractivity contribution is 0.103. The van der Waals surface area contributed by atoms with Crippen LogP contribution in [0.2, 0.25) is 10.0 Å². The van der Waals surface area contributed by atoms with E-state index in [1.54, 1.807) is 6.92 Å². The molecule has 0 amide bonds. The number of carbonyl (C=O) groups excluding carboxylic acids is 1. The van der Waals surface area contributed by atoms with Crippen LogP contribution < -0.4 is 16.0 Å². The van der Waals surface area contributed by atoms with Crippen molar-refractivity contribution in [2.24, 2.45) is 5.73 Å². The summed E-state index contributed by atoms with van der Waals surface area (Å²) in [5, 5.41) is 3.12. The Hall–Kier alpha value is -1.76. The molecule has 0 saturated heterocycles. The van der Waals surface area contributed by atoms with E-state index < -0.39 is 5.78 Å². The van der Waals surface area contributed by atoms with E-state index in [1.165, 1.54) is 22.9 Å². The SMILES string of the molecule is CCn1[nH]c(C(=O)c2ccc(Cl)c(OCCN)c2Cl)cc1=O. The number of nitrogens with zero attached hydrogens (tertiary/aromatic N) is 1. The van der Waals surface area contributed by atoms with Gasteiger partial charge in [-0.15, -0.1) is 0 Å².